The number of benzene rings is 1. The number of hydrogen-bond acceptors (Lipinski definition) is 6. The van der Waals surface area contributed by atoms with Crippen LogP contribution in [0.25, 0.3) is 0 Å². The van der Waals surface area contributed by atoms with E-state index in [0.29, 0.717) is 5.56 Å². The number of methoxy groups -OCH3 is 1. The van der Waals surface area contributed by atoms with Crippen molar-refractivity contribution in [3.63, 3.8) is 0 Å². The smallest absolute Gasteiger partial charge is 0.408 e. The fourth-order valence-corrected chi connectivity index (χ4v) is 3.46. The number of hydrogen-bond donors (Lipinski definition) is 2. The molecule has 2 atom stereocenters. The lowest BCUT2D eigenvalue weighted by Gasteiger charge is -2.34. The van der Waals surface area contributed by atoms with Crippen molar-refractivity contribution in [2.45, 2.75) is 78.1 Å². The molecule has 0 bridgehead atoms. The molecule has 2 unspecified atom stereocenters. The number of rotatable bonds is 8. The fourth-order valence-electron chi connectivity index (χ4n) is 3.46. The van der Waals surface area contributed by atoms with Crippen LogP contribution in [-0.4, -0.2) is 60.1 Å². The molecule has 0 aromatic heterocycles. The Bertz CT molecular complexity index is 904. The molecular formula is C24H35N3O6. The van der Waals surface area contributed by atoms with Crippen molar-refractivity contribution in [3.05, 3.63) is 34.9 Å². The lowest BCUT2D eigenvalue weighted by atomic mass is 9.95. The standard InChI is InChI=1S/C24H35N3O6/c1-14-9-8-10-18(15(14)2)20(21(29)25-13-19(28)32-7)27(17-11-12-17)22(30)16(3)26-23(31)33-24(4,5)6/h8-10,16-17,20H,11-13H2,1-7H3,(H,25,29)(H,26,31). The highest BCUT2D eigenvalue weighted by Crippen LogP contribution is 2.37. The van der Waals surface area contributed by atoms with Crippen molar-refractivity contribution in [1.82, 2.24) is 15.5 Å². The molecule has 1 saturated carbocycles. The van der Waals surface area contributed by atoms with Crippen molar-refractivity contribution in [2.24, 2.45) is 0 Å². The van der Waals surface area contributed by atoms with Crippen LogP contribution in [0.2, 0.25) is 0 Å². The van der Waals surface area contributed by atoms with Crippen LogP contribution in [-0.2, 0) is 23.9 Å². The van der Waals surface area contributed by atoms with Crippen molar-refractivity contribution in [2.75, 3.05) is 13.7 Å². The second-order valence-electron chi connectivity index (χ2n) is 9.33. The van der Waals surface area contributed by atoms with E-state index in [9.17, 15) is 19.2 Å². The van der Waals surface area contributed by atoms with Gasteiger partial charge in [-0.25, -0.2) is 4.79 Å². The first-order chi connectivity index (χ1) is 15.4. The molecule has 1 aromatic rings. The van der Waals surface area contributed by atoms with E-state index in [1.54, 1.807) is 33.8 Å². The van der Waals surface area contributed by atoms with Crippen molar-refractivity contribution >= 4 is 23.9 Å². The number of carbonyl (C=O) groups excluding carboxylic acids is 4. The van der Waals surface area contributed by atoms with Gasteiger partial charge in [0.1, 0.15) is 24.2 Å². The van der Waals surface area contributed by atoms with E-state index in [1.165, 1.54) is 12.0 Å². The number of amides is 3. The lowest BCUT2D eigenvalue weighted by Crippen LogP contribution is -2.53. The molecule has 2 rings (SSSR count). The van der Waals surface area contributed by atoms with E-state index in [4.69, 9.17) is 4.74 Å². The van der Waals surface area contributed by atoms with E-state index >= 15 is 0 Å². The summed E-state index contributed by atoms with van der Waals surface area (Å²) in [7, 11) is 1.24. The zero-order valence-corrected chi connectivity index (χ0v) is 20.5. The predicted octanol–water partition coefficient (Wildman–Crippen LogP) is 2.54. The van der Waals surface area contributed by atoms with Crippen molar-refractivity contribution in [1.29, 1.82) is 0 Å². The van der Waals surface area contributed by atoms with Gasteiger partial charge >= 0.3 is 12.1 Å². The Morgan fingerprint density at radius 1 is 1.15 bits per heavy atom. The molecule has 9 nitrogen and oxygen atoms in total. The minimum atomic E-state index is -0.961. The lowest BCUT2D eigenvalue weighted by molar-refractivity contribution is -0.145. The second-order valence-corrected chi connectivity index (χ2v) is 9.33. The molecule has 0 aliphatic heterocycles. The molecule has 3 amide bonds. The van der Waals surface area contributed by atoms with Crippen LogP contribution in [0.4, 0.5) is 4.79 Å². The molecule has 0 saturated heterocycles. The van der Waals surface area contributed by atoms with Crippen LogP contribution < -0.4 is 10.6 Å². The van der Waals surface area contributed by atoms with E-state index in [1.807, 2.05) is 26.0 Å². The molecule has 1 fully saturated rings. The number of carbonyl (C=O) groups is 4. The quantitative estimate of drug-likeness (QED) is 0.575. The van der Waals surface area contributed by atoms with Gasteiger partial charge in [-0.2, -0.15) is 0 Å². The summed E-state index contributed by atoms with van der Waals surface area (Å²) >= 11 is 0. The molecule has 1 aliphatic carbocycles. The molecular weight excluding hydrogens is 426 g/mol. The van der Waals surface area contributed by atoms with Crippen LogP contribution in [0.3, 0.4) is 0 Å². The van der Waals surface area contributed by atoms with Gasteiger partial charge < -0.3 is 25.0 Å². The highest BCUT2D eigenvalue weighted by atomic mass is 16.6. The highest BCUT2D eigenvalue weighted by molar-refractivity contribution is 5.93. The molecule has 33 heavy (non-hydrogen) atoms. The third-order valence-electron chi connectivity index (χ3n) is 5.40. The van der Waals surface area contributed by atoms with Crippen molar-refractivity contribution in [3.8, 4) is 0 Å². The van der Waals surface area contributed by atoms with Crippen LogP contribution in [0.5, 0.6) is 0 Å². The molecule has 1 aromatic carbocycles. The topological polar surface area (TPSA) is 114 Å². The van der Waals surface area contributed by atoms with Gasteiger partial charge in [-0.3, -0.25) is 14.4 Å². The summed E-state index contributed by atoms with van der Waals surface area (Å²) in [4.78, 5) is 52.2. The zero-order valence-electron chi connectivity index (χ0n) is 20.5. The SMILES string of the molecule is COC(=O)CNC(=O)C(c1cccc(C)c1C)N(C(=O)C(C)NC(=O)OC(C)(C)C)C1CC1. The number of ether oxygens (including phenoxy) is 2. The summed E-state index contributed by atoms with van der Waals surface area (Å²) in [6, 6.07) is 3.54. The number of nitrogens with one attached hydrogen (secondary N) is 2. The summed E-state index contributed by atoms with van der Waals surface area (Å²) in [6.45, 7) is 10.3. The normalized spacial score (nSPS) is 15.1. The Balaban J connectivity index is 2.37. The summed E-state index contributed by atoms with van der Waals surface area (Å²) in [5.74, 6) is -1.48. The van der Waals surface area contributed by atoms with Crippen LogP contribution in [0, 0.1) is 13.8 Å². The monoisotopic (exact) mass is 461 g/mol. The Morgan fingerprint density at radius 2 is 1.79 bits per heavy atom. The minimum Gasteiger partial charge on any atom is -0.468 e. The molecule has 0 spiro atoms. The maximum Gasteiger partial charge on any atom is 0.408 e. The second kappa shape index (κ2) is 10.7. The summed E-state index contributed by atoms with van der Waals surface area (Å²) in [5, 5.41) is 5.16. The predicted molar refractivity (Wildman–Crippen MR) is 122 cm³/mol. The van der Waals surface area contributed by atoms with Gasteiger partial charge in [0.25, 0.3) is 0 Å². The van der Waals surface area contributed by atoms with Gasteiger partial charge in [0.15, 0.2) is 0 Å². The van der Waals surface area contributed by atoms with Gasteiger partial charge in [-0.1, -0.05) is 18.2 Å². The van der Waals surface area contributed by atoms with E-state index < -0.39 is 41.6 Å². The van der Waals surface area contributed by atoms with Gasteiger partial charge in [-0.15, -0.1) is 0 Å². The first kappa shape index (κ1) is 26.2. The third kappa shape index (κ3) is 7.20. The summed E-state index contributed by atoms with van der Waals surface area (Å²) in [6.07, 6.45) is 0.783. The highest BCUT2D eigenvalue weighted by Gasteiger charge is 2.43. The average molecular weight is 462 g/mol. The first-order valence-electron chi connectivity index (χ1n) is 11.1. The Hall–Kier alpha value is -3.10. The number of alkyl carbamates (subject to hydrolysis) is 1. The fraction of sp³-hybridized carbons (Fsp3) is 0.583. The van der Waals surface area contributed by atoms with Gasteiger partial charge in [0.2, 0.25) is 11.8 Å². The number of esters is 1. The molecule has 182 valence electrons. The van der Waals surface area contributed by atoms with Gasteiger partial charge in [0, 0.05) is 6.04 Å². The zero-order chi connectivity index (χ0) is 24.9. The largest absolute Gasteiger partial charge is 0.468 e. The number of nitrogens with zero attached hydrogens (tertiary/aromatic N) is 1. The minimum absolute atomic E-state index is 0.144. The van der Waals surface area contributed by atoms with Gasteiger partial charge in [0.05, 0.1) is 7.11 Å². The molecule has 0 radical (unpaired) electrons. The molecule has 9 heteroatoms. The van der Waals surface area contributed by atoms with E-state index in [2.05, 4.69) is 15.4 Å². The van der Waals surface area contributed by atoms with Crippen molar-refractivity contribution < 1.29 is 28.7 Å². The Morgan fingerprint density at radius 3 is 2.33 bits per heavy atom. The molecule has 0 heterocycles. The maximum absolute atomic E-state index is 13.5. The molecule has 2 N–H and O–H groups in total. The maximum atomic E-state index is 13.5. The van der Waals surface area contributed by atoms with Crippen LogP contribution in [0.15, 0.2) is 18.2 Å². The molecule has 1 aliphatic rings. The van der Waals surface area contributed by atoms with Crippen LogP contribution >= 0.6 is 0 Å². The number of aryl methyl sites for hydroxylation is 1. The Kier molecular flexibility index (Phi) is 8.46. The third-order valence-corrected chi connectivity index (χ3v) is 5.40. The Labute approximate surface area is 195 Å². The van der Waals surface area contributed by atoms with Gasteiger partial charge in [-0.05, 0) is 71.1 Å². The van der Waals surface area contributed by atoms with E-state index in [-0.39, 0.29) is 12.6 Å². The van der Waals surface area contributed by atoms with Crippen LogP contribution in [0.1, 0.15) is 63.3 Å². The van der Waals surface area contributed by atoms with E-state index in [0.717, 1.165) is 24.0 Å². The first-order valence-corrected chi connectivity index (χ1v) is 11.1. The average Bonchev–Trinajstić information content (AvgIpc) is 3.55. The summed E-state index contributed by atoms with van der Waals surface area (Å²) < 4.78 is 9.89. The summed E-state index contributed by atoms with van der Waals surface area (Å²) in [5.41, 5.74) is 1.81.